The van der Waals surface area contributed by atoms with E-state index in [0.29, 0.717) is 0 Å². The molecule has 0 spiro atoms. The van der Waals surface area contributed by atoms with Crippen molar-refractivity contribution < 1.29 is 0 Å². The number of hydrogen-bond acceptors (Lipinski definition) is 1. The number of fused-ring (bicyclic) bond motifs is 1. The summed E-state index contributed by atoms with van der Waals surface area (Å²) in [5.41, 5.74) is 1.20. The van der Waals surface area contributed by atoms with Crippen molar-refractivity contribution in [2.24, 2.45) is 22.7 Å². The minimum atomic E-state index is 0.786. The zero-order valence-corrected chi connectivity index (χ0v) is 5.83. The Morgan fingerprint density at radius 1 is 1.44 bits per heavy atom. The minimum absolute atomic E-state index is 0.786. The number of hydrogen-bond donors (Lipinski definition) is 0. The molecule has 0 aromatic heterocycles. The van der Waals surface area contributed by atoms with Crippen molar-refractivity contribution in [1.82, 2.24) is 0 Å². The predicted molar refractivity (Wildman–Crippen MR) is 38.4 cm³/mol. The van der Waals surface area contributed by atoms with Crippen LogP contribution in [0.15, 0.2) is 16.8 Å². The molecule has 0 bridgehead atoms. The van der Waals surface area contributed by atoms with Crippen molar-refractivity contribution in [3.8, 4) is 0 Å². The van der Waals surface area contributed by atoms with Gasteiger partial charge < -0.3 is 0 Å². The quantitative estimate of drug-likeness (QED) is 0.464. The van der Waals surface area contributed by atoms with Crippen LogP contribution in [-0.4, -0.2) is 6.21 Å². The molecule has 48 valence electrons. The van der Waals surface area contributed by atoms with Crippen molar-refractivity contribution in [2.45, 2.75) is 13.8 Å². The third-order valence-electron chi connectivity index (χ3n) is 2.40. The van der Waals surface area contributed by atoms with Gasteiger partial charge in [0.1, 0.15) is 0 Å². The summed E-state index contributed by atoms with van der Waals surface area (Å²) in [5.74, 6) is 2.49. The van der Waals surface area contributed by atoms with Gasteiger partial charge in [-0.3, -0.25) is 4.99 Å². The smallest absolute Gasteiger partial charge is 0.0332 e. The molecule has 0 amide bonds. The van der Waals surface area contributed by atoms with Crippen molar-refractivity contribution in [3.05, 3.63) is 11.8 Å². The van der Waals surface area contributed by atoms with Gasteiger partial charge in [-0.25, -0.2) is 0 Å². The fraction of sp³-hybridized carbons (Fsp3) is 0.625. The van der Waals surface area contributed by atoms with E-state index < -0.39 is 0 Å². The Balaban J connectivity index is 2.24. The Morgan fingerprint density at radius 3 is 2.78 bits per heavy atom. The summed E-state index contributed by atoms with van der Waals surface area (Å²) in [7, 11) is 0. The fourth-order valence-electron chi connectivity index (χ4n) is 1.55. The van der Waals surface area contributed by atoms with Gasteiger partial charge in [0.05, 0.1) is 0 Å². The molecule has 1 heterocycles. The van der Waals surface area contributed by atoms with Gasteiger partial charge in [0.25, 0.3) is 0 Å². The average Bonchev–Trinajstić information content (AvgIpc) is 2.43. The van der Waals surface area contributed by atoms with Crippen LogP contribution in [-0.2, 0) is 0 Å². The van der Waals surface area contributed by atoms with Gasteiger partial charge in [-0.05, 0) is 18.8 Å². The van der Waals surface area contributed by atoms with E-state index in [4.69, 9.17) is 0 Å². The fourth-order valence-corrected chi connectivity index (χ4v) is 1.55. The van der Waals surface area contributed by atoms with Gasteiger partial charge in [-0.1, -0.05) is 13.0 Å². The van der Waals surface area contributed by atoms with E-state index in [1.165, 1.54) is 5.70 Å². The van der Waals surface area contributed by atoms with E-state index in [9.17, 15) is 0 Å². The van der Waals surface area contributed by atoms with Gasteiger partial charge in [-0.2, -0.15) is 0 Å². The minimum Gasteiger partial charge on any atom is -0.266 e. The Hall–Kier alpha value is -0.590. The highest BCUT2D eigenvalue weighted by molar-refractivity contribution is 5.69. The monoisotopic (exact) mass is 121 g/mol. The summed E-state index contributed by atoms with van der Waals surface area (Å²) in [6.45, 7) is 4.36. The highest BCUT2D eigenvalue weighted by Gasteiger charge is 2.44. The SMILES string of the molecule is CC1=CC2C(C=N1)[C@@H]2C. The summed E-state index contributed by atoms with van der Waals surface area (Å²) in [6, 6.07) is 0. The lowest BCUT2D eigenvalue weighted by molar-refractivity contribution is 0.890. The van der Waals surface area contributed by atoms with Crippen molar-refractivity contribution in [1.29, 1.82) is 0 Å². The molecular formula is C8H11N. The summed E-state index contributed by atoms with van der Waals surface area (Å²) in [5, 5.41) is 0. The van der Waals surface area contributed by atoms with Crippen LogP contribution in [0.2, 0.25) is 0 Å². The second-order valence-corrected chi connectivity index (χ2v) is 3.10. The van der Waals surface area contributed by atoms with Crippen molar-refractivity contribution in [2.75, 3.05) is 0 Å². The highest BCUT2D eigenvalue weighted by Crippen LogP contribution is 2.47. The molecule has 0 aromatic rings. The van der Waals surface area contributed by atoms with Gasteiger partial charge in [0.15, 0.2) is 0 Å². The van der Waals surface area contributed by atoms with Crippen LogP contribution >= 0.6 is 0 Å². The lowest BCUT2D eigenvalue weighted by atomic mass is 10.2. The Labute approximate surface area is 55.5 Å². The van der Waals surface area contributed by atoms with Gasteiger partial charge in [0, 0.05) is 17.8 Å². The van der Waals surface area contributed by atoms with Crippen molar-refractivity contribution in [3.63, 3.8) is 0 Å². The maximum Gasteiger partial charge on any atom is 0.0332 e. The molecule has 3 atom stereocenters. The molecule has 9 heavy (non-hydrogen) atoms. The van der Waals surface area contributed by atoms with E-state index in [1.54, 1.807) is 0 Å². The molecule has 0 aromatic carbocycles. The molecular weight excluding hydrogens is 110 g/mol. The van der Waals surface area contributed by atoms with E-state index in [-0.39, 0.29) is 0 Å². The number of aliphatic imine (C=N–C) groups is 1. The molecule has 1 aliphatic heterocycles. The van der Waals surface area contributed by atoms with E-state index in [0.717, 1.165) is 17.8 Å². The van der Waals surface area contributed by atoms with Gasteiger partial charge >= 0.3 is 0 Å². The van der Waals surface area contributed by atoms with Crippen LogP contribution in [0, 0.1) is 17.8 Å². The first-order valence-electron chi connectivity index (χ1n) is 3.51. The first-order valence-corrected chi connectivity index (χ1v) is 3.51. The lowest BCUT2D eigenvalue weighted by Crippen LogP contribution is -1.87. The first-order chi connectivity index (χ1) is 4.29. The molecule has 0 saturated heterocycles. The second kappa shape index (κ2) is 1.47. The maximum atomic E-state index is 4.24. The maximum absolute atomic E-state index is 4.24. The molecule has 2 rings (SSSR count). The molecule has 0 N–H and O–H groups in total. The zero-order valence-electron chi connectivity index (χ0n) is 5.83. The molecule has 1 nitrogen and oxygen atoms in total. The highest BCUT2D eigenvalue weighted by atomic mass is 14.8. The summed E-state index contributed by atoms with van der Waals surface area (Å²) < 4.78 is 0. The molecule has 1 fully saturated rings. The number of allylic oxidation sites excluding steroid dienone is 2. The van der Waals surface area contributed by atoms with Crippen molar-refractivity contribution >= 4 is 6.21 Å². The predicted octanol–water partition coefficient (Wildman–Crippen LogP) is 1.86. The van der Waals surface area contributed by atoms with Crippen LogP contribution in [0.3, 0.4) is 0 Å². The third-order valence-corrected chi connectivity index (χ3v) is 2.40. The zero-order chi connectivity index (χ0) is 6.43. The van der Waals surface area contributed by atoms with Crippen LogP contribution in [0.4, 0.5) is 0 Å². The van der Waals surface area contributed by atoms with Gasteiger partial charge in [-0.15, -0.1) is 0 Å². The molecule has 1 aliphatic carbocycles. The van der Waals surface area contributed by atoms with Crippen LogP contribution in [0.25, 0.3) is 0 Å². The van der Waals surface area contributed by atoms with E-state index in [2.05, 4.69) is 31.1 Å². The molecule has 2 unspecified atom stereocenters. The standard InChI is InChI=1S/C8H11N/c1-5-3-7-6(2)8(7)4-9-5/h3-4,6-8H,1-2H3/t6-,7?,8?/m1/s1. The van der Waals surface area contributed by atoms with E-state index >= 15 is 0 Å². The largest absolute Gasteiger partial charge is 0.266 e. The first kappa shape index (κ1) is 5.21. The summed E-state index contributed by atoms with van der Waals surface area (Å²) >= 11 is 0. The average molecular weight is 121 g/mol. The normalized spacial score (nSPS) is 46.0. The van der Waals surface area contributed by atoms with E-state index in [1.807, 2.05) is 0 Å². The van der Waals surface area contributed by atoms with Crippen LogP contribution in [0.1, 0.15) is 13.8 Å². The van der Waals surface area contributed by atoms with Gasteiger partial charge in [0.2, 0.25) is 0 Å². The molecule has 2 aliphatic rings. The summed E-state index contributed by atoms with van der Waals surface area (Å²) in [6.07, 6.45) is 4.39. The second-order valence-electron chi connectivity index (χ2n) is 3.10. The van der Waals surface area contributed by atoms with Crippen LogP contribution < -0.4 is 0 Å². The topological polar surface area (TPSA) is 12.4 Å². The lowest BCUT2D eigenvalue weighted by Gasteiger charge is -1.95. The number of nitrogens with zero attached hydrogens (tertiary/aromatic N) is 1. The Kier molecular flexibility index (Phi) is 0.850. The third kappa shape index (κ3) is 0.640. The molecule has 1 saturated carbocycles. The Morgan fingerprint density at radius 2 is 2.22 bits per heavy atom. The molecule has 0 radical (unpaired) electrons. The Bertz CT molecular complexity index is 191. The number of rotatable bonds is 0. The van der Waals surface area contributed by atoms with Crippen LogP contribution in [0.5, 0.6) is 0 Å². The summed E-state index contributed by atoms with van der Waals surface area (Å²) in [4.78, 5) is 4.24. The molecule has 1 heteroatoms.